The second kappa shape index (κ2) is 5.70. The molecule has 2 rings (SSSR count). The highest BCUT2D eigenvalue weighted by atomic mass is 16.3. The smallest absolute Gasteiger partial charge is 0.330 e. The number of anilines is 2. The predicted molar refractivity (Wildman–Crippen MR) is 78.0 cm³/mol. The lowest BCUT2D eigenvalue weighted by Gasteiger charge is -2.26. The number of hydrogen-bond acceptors (Lipinski definition) is 5. The van der Waals surface area contributed by atoms with E-state index < -0.39 is 11.2 Å². The van der Waals surface area contributed by atoms with Gasteiger partial charge in [0.15, 0.2) is 0 Å². The van der Waals surface area contributed by atoms with Crippen molar-refractivity contribution in [1.29, 1.82) is 0 Å². The van der Waals surface area contributed by atoms with Crippen molar-refractivity contribution < 1.29 is 5.11 Å². The third kappa shape index (κ3) is 2.58. The Morgan fingerprint density at radius 3 is 2.75 bits per heavy atom. The molecule has 2 heterocycles. The zero-order valence-electron chi connectivity index (χ0n) is 11.9. The van der Waals surface area contributed by atoms with E-state index in [1.165, 1.54) is 4.57 Å². The van der Waals surface area contributed by atoms with Crippen molar-refractivity contribution in [1.82, 2.24) is 9.55 Å². The van der Waals surface area contributed by atoms with Crippen LogP contribution in [-0.2, 0) is 6.54 Å². The first kappa shape index (κ1) is 14.6. The number of aromatic nitrogens is 2. The van der Waals surface area contributed by atoms with Gasteiger partial charge in [0.05, 0.1) is 12.6 Å². The Balaban J connectivity index is 2.53. The molecule has 0 spiro atoms. The molecule has 112 valence electrons. The summed E-state index contributed by atoms with van der Waals surface area (Å²) in [7, 11) is 0. The average Bonchev–Trinajstić information content (AvgIpc) is 2.82. The molecule has 1 fully saturated rings. The van der Waals surface area contributed by atoms with Gasteiger partial charge in [0, 0.05) is 13.1 Å². The van der Waals surface area contributed by atoms with Crippen molar-refractivity contribution in [2.75, 3.05) is 23.8 Å². The molecule has 1 aromatic rings. The van der Waals surface area contributed by atoms with Gasteiger partial charge in [-0.1, -0.05) is 13.8 Å². The topological polar surface area (TPSA) is 104 Å². The molecule has 0 radical (unpaired) electrons. The number of hydrogen-bond donors (Lipinski definition) is 3. The van der Waals surface area contributed by atoms with Gasteiger partial charge in [-0.2, -0.15) is 0 Å². The van der Waals surface area contributed by atoms with E-state index in [0.717, 1.165) is 12.8 Å². The van der Waals surface area contributed by atoms with Crippen LogP contribution in [0.2, 0.25) is 0 Å². The fraction of sp³-hybridized carbons (Fsp3) is 0.692. The van der Waals surface area contributed by atoms with Gasteiger partial charge in [0.25, 0.3) is 5.56 Å². The zero-order chi connectivity index (χ0) is 14.9. The number of aromatic amines is 1. The van der Waals surface area contributed by atoms with E-state index in [1.54, 1.807) is 0 Å². The zero-order valence-corrected chi connectivity index (χ0v) is 11.9. The maximum absolute atomic E-state index is 12.1. The van der Waals surface area contributed by atoms with E-state index in [-0.39, 0.29) is 24.4 Å². The molecule has 0 saturated carbocycles. The maximum Gasteiger partial charge on any atom is 0.330 e. The van der Waals surface area contributed by atoms with Crippen LogP contribution in [0.4, 0.5) is 11.5 Å². The minimum absolute atomic E-state index is 0.0256. The fourth-order valence-electron chi connectivity index (χ4n) is 2.72. The molecule has 7 nitrogen and oxygen atoms in total. The summed E-state index contributed by atoms with van der Waals surface area (Å²) in [5.41, 5.74) is 5.40. The summed E-state index contributed by atoms with van der Waals surface area (Å²) < 4.78 is 1.40. The van der Waals surface area contributed by atoms with Gasteiger partial charge in [-0.3, -0.25) is 14.3 Å². The molecule has 1 atom stereocenters. The lowest BCUT2D eigenvalue weighted by molar-refractivity contribution is 0.266. The Hall–Kier alpha value is -1.76. The Morgan fingerprint density at radius 2 is 2.15 bits per heavy atom. The van der Waals surface area contributed by atoms with Crippen LogP contribution in [0, 0.1) is 5.92 Å². The first-order chi connectivity index (χ1) is 9.45. The molecule has 1 unspecified atom stereocenters. The summed E-state index contributed by atoms with van der Waals surface area (Å²) in [4.78, 5) is 28.1. The summed E-state index contributed by atoms with van der Waals surface area (Å²) in [5.74, 6) is 0.425. The van der Waals surface area contributed by atoms with E-state index in [9.17, 15) is 14.7 Å². The van der Waals surface area contributed by atoms with Gasteiger partial charge in [-0.05, 0) is 18.8 Å². The molecule has 0 bridgehead atoms. The summed E-state index contributed by atoms with van der Waals surface area (Å²) in [6.07, 6.45) is 1.71. The van der Waals surface area contributed by atoms with Crippen LogP contribution in [0.1, 0.15) is 26.7 Å². The van der Waals surface area contributed by atoms with Gasteiger partial charge in [0.2, 0.25) is 0 Å². The summed E-state index contributed by atoms with van der Waals surface area (Å²) in [6.45, 7) is 5.04. The number of H-pyrrole nitrogens is 1. The summed E-state index contributed by atoms with van der Waals surface area (Å²) in [6, 6.07) is -0.108. The molecule has 1 saturated heterocycles. The van der Waals surface area contributed by atoms with E-state index in [2.05, 4.69) is 4.98 Å². The van der Waals surface area contributed by atoms with Crippen molar-refractivity contribution in [2.24, 2.45) is 5.92 Å². The maximum atomic E-state index is 12.1. The molecule has 0 amide bonds. The van der Waals surface area contributed by atoms with Crippen LogP contribution in [-0.4, -0.2) is 33.9 Å². The number of nitrogen functional groups attached to an aromatic ring is 1. The minimum atomic E-state index is -0.482. The van der Waals surface area contributed by atoms with Crippen molar-refractivity contribution in [3.05, 3.63) is 20.8 Å². The minimum Gasteiger partial charge on any atom is -0.394 e. The molecule has 1 aliphatic heterocycles. The molecule has 20 heavy (non-hydrogen) atoms. The van der Waals surface area contributed by atoms with Gasteiger partial charge < -0.3 is 15.7 Å². The highest BCUT2D eigenvalue weighted by molar-refractivity contribution is 5.63. The number of nitrogens with one attached hydrogen (secondary N) is 1. The molecule has 4 N–H and O–H groups in total. The second-order valence-electron chi connectivity index (χ2n) is 5.67. The molecular weight excluding hydrogens is 260 g/mol. The third-order valence-corrected chi connectivity index (χ3v) is 3.64. The molecule has 0 aliphatic carbocycles. The largest absolute Gasteiger partial charge is 0.394 e. The van der Waals surface area contributed by atoms with Gasteiger partial charge >= 0.3 is 5.69 Å². The van der Waals surface area contributed by atoms with Crippen LogP contribution >= 0.6 is 0 Å². The lowest BCUT2D eigenvalue weighted by atomic mass is 10.2. The van der Waals surface area contributed by atoms with E-state index in [4.69, 9.17) is 5.73 Å². The lowest BCUT2D eigenvalue weighted by Crippen LogP contribution is -2.41. The quantitative estimate of drug-likeness (QED) is 0.705. The highest BCUT2D eigenvalue weighted by Crippen LogP contribution is 2.26. The molecule has 7 heteroatoms. The standard InChI is InChI=1S/C13H22N4O3/c1-8(2)6-17-11(14)10(12(19)15-13(17)20)16-5-3-4-9(16)7-18/h8-9,18H,3-7,14H2,1-2H3,(H,15,19,20). The van der Waals surface area contributed by atoms with E-state index in [0.29, 0.717) is 18.8 Å². The van der Waals surface area contributed by atoms with Gasteiger partial charge in [0.1, 0.15) is 11.5 Å². The first-order valence-electron chi connectivity index (χ1n) is 6.95. The van der Waals surface area contributed by atoms with Gasteiger partial charge in [-0.25, -0.2) is 4.79 Å². The monoisotopic (exact) mass is 282 g/mol. The third-order valence-electron chi connectivity index (χ3n) is 3.64. The first-order valence-corrected chi connectivity index (χ1v) is 6.95. The number of aliphatic hydroxyl groups is 1. The Labute approximate surface area is 117 Å². The average molecular weight is 282 g/mol. The fourth-order valence-corrected chi connectivity index (χ4v) is 2.72. The molecule has 1 aliphatic rings. The van der Waals surface area contributed by atoms with Crippen molar-refractivity contribution >= 4 is 11.5 Å². The number of nitrogens with two attached hydrogens (primary N) is 1. The molecular formula is C13H22N4O3. The van der Waals surface area contributed by atoms with Crippen LogP contribution in [0.5, 0.6) is 0 Å². The van der Waals surface area contributed by atoms with E-state index in [1.807, 2.05) is 18.7 Å². The van der Waals surface area contributed by atoms with Crippen LogP contribution in [0.25, 0.3) is 0 Å². The van der Waals surface area contributed by atoms with E-state index >= 15 is 0 Å². The number of nitrogens with zero attached hydrogens (tertiary/aromatic N) is 2. The number of aliphatic hydroxyl groups excluding tert-OH is 1. The summed E-state index contributed by atoms with van der Waals surface area (Å²) in [5, 5.41) is 9.39. The van der Waals surface area contributed by atoms with Crippen molar-refractivity contribution in [3.63, 3.8) is 0 Å². The van der Waals surface area contributed by atoms with Crippen LogP contribution in [0.15, 0.2) is 9.59 Å². The number of rotatable bonds is 4. The Kier molecular flexibility index (Phi) is 4.17. The van der Waals surface area contributed by atoms with Crippen LogP contribution < -0.4 is 21.9 Å². The highest BCUT2D eigenvalue weighted by Gasteiger charge is 2.29. The molecule has 1 aromatic heterocycles. The molecule has 0 aromatic carbocycles. The normalized spacial score (nSPS) is 19.0. The van der Waals surface area contributed by atoms with Crippen LogP contribution in [0.3, 0.4) is 0 Å². The summed E-state index contributed by atoms with van der Waals surface area (Å²) >= 11 is 0. The van der Waals surface area contributed by atoms with Crippen molar-refractivity contribution in [3.8, 4) is 0 Å². The Bertz CT molecular complexity index is 590. The Morgan fingerprint density at radius 1 is 1.45 bits per heavy atom. The van der Waals surface area contributed by atoms with Crippen molar-refractivity contribution in [2.45, 2.75) is 39.3 Å². The van der Waals surface area contributed by atoms with Gasteiger partial charge in [-0.15, -0.1) is 0 Å². The SMILES string of the molecule is CC(C)Cn1c(N)c(N2CCCC2CO)c(=O)[nH]c1=O. The predicted octanol–water partition coefficient (Wildman–Crippen LogP) is -0.264. The second-order valence-corrected chi connectivity index (χ2v) is 5.67.